The molecule has 0 saturated carbocycles. The lowest BCUT2D eigenvalue weighted by molar-refractivity contribution is -0.140. The summed E-state index contributed by atoms with van der Waals surface area (Å²) in [5.41, 5.74) is 0.943. The highest BCUT2D eigenvalue weighted by Crippen LogP contribution is 2.32. The van der Waals surface area contributed by atoms with Gasteiger partial charge in [0.05, 0.1) is 39.2 Å². The second-order valence-corrected chi connectivity index (χ2v) is 5.70. The van der Waals surface area contributed by atoms with Crippen molar-refractivity contribution in [3.63, 3.8) is 0 Å². The van der Waals surface area contributed by atoms with Crippen molar-refractivity contribution in [2.45, 2.75) is 0 Å². The van der Waals surface area contributed by atoms with E-state index in [9.17, 15) is 9.59 Å². The fraction of sp³-hybridized carbons (Fsp3) is 0.333. The van der Waals surface area contributed by atoms with E-state index in [2.05, 4.69) is 22.6 Å². The van der Waals surface area contributed by atoms with Gasteiger partial charge in [-0.1, -0.05) is 0 Å². The van der Waals surface area contributed by atoms with E-state index >= 15 is 0 Å². The Morgan fingerprint density at radius 1 is 1.17 bits per heavy atom. The standard InChI is InChI=1S/C15H16INO6/c1-20-9-4-5-12(11(16)6-9)17-8-23-7-10(14(18)21-2)13(17)15(19)22-3/h4-6H,7-8H2,1-3H3. The van der Waals surface area contributed by atoms with Crippen LogP contribution < -0.4 is 9.64 Å². The SMILES string of the molecule is COC(=O)C1=C(C(=O)OC)N(c2ccc(OC)cc2I)COC1. The number of benzene rings is 1. The van der Waals surface area contributed by atoms with Crippen molar-refractivity contribution in [1.82, 2.24) is 0 Å². The van der Waals surface area contributed by atoms with Gasteiger partial charge in [0.15, 0.2) is 0 Å². The zero-order valence-electron chi connectivity index (χ0n) is 12.9. The lowest BCUT2D eigenvalue weighted by atomic mass is 10.1. The maximum absolute atomic E-state index is 12.2. The van der Waals surface area contributed by atoms with Gasteiger partial charge in [-0.2, -0.15) is 0 Å². The van der Waals surface area contributed by atoms with Crippen LogP contribution in [0.3, 0.4) is 0 Å². The molecule has 0 atom stereocenters. The van der Waals surface area contributed by atoms with Gasteiger partial charge in [-0.25, -0.2) is 9.59 Å². The molecule has 0 fully saturated rings. The molecule has 0 unspecified atom stereocenters. The van der Waals surface area contributed by atoms with Crippen LogP contribution >= 0.6 is 22.6 Å². The van der Waals surface area contributed by atoms with Crippen molar-refractivity contribution in [2.75, 3.05) is 39.6 Å². The largest absolute Gasteiger partial charge is 0.497 e. The average Bonchev–Trinajstić information content (AvgIpc) is 2.59. The maximum atomic E-state index is 12.2. The molecule has 7 nitrogen and oxygen atoms in total. The van der Waals surface area contributed by atoms with E-state index in [1.54, 1.807) is 24.1 Å². The van der Waals surface area contributed by atoms with Gasteiger partial charge in [0.2, 0.25) is 0 Å². The number of anilines is 1. The normalized spacial score (nSPS) is 14.5. The van der Waals surface area contributed by atoms with Gasteiger partial charge < -0.3 is 23.8 Å². The summed E-state index contributed by atoms with van der Waals surface area (Å²) in [5.74, 6) is -0.563. The van der Waals surface area contributed by atoms with E-state index < -0.39 is 11.9 Å². The molecule has 124 valence electrons. The Morgan fingerprint density at radius 3 is 2.43 bits per heavy atom. The van der Waals surface area contributed by atoms with Crippen molar-refractivity contribution in [2.24, 2.45) is 0 Å². The Bertz CT molecular complexity index is 657. The summed E-state index contributed by atoms with van der Waals surface area (Å²) < 4.78 is 21.0. The molecule has 0 radical (unpaired) electrons. The summed E-state index contributed by atoms with van der Waals surface area (Å²) in [6.45, 7) is 0.105. The third-order valence-electron chi connectivity index (χ3n) is 3.28. The summed E-state index contributed by atoms with van der Waals surface area (Å²) in [6, 6.07) is 5.36. The summed E-state index contributed by atoms with van der Waals surface area (Å²) in [6.07, 6.45) is 0. The molecule has 0 amide bonds. The number of esters is 2. The Kier molecular flexibility index (Phi) is 5.83. The van der Waals surface area contributed by atoms with Gasteiger partial charge in [0.1, 0.15) is 18.2 Å². The van der Waals surface area contributed by atoms with Gasteiger partial charge >= 0.3 is 11.9 Å². The molecule has 2 rings (SSSR count). The molecule has 1 aliphatic heterocycles. The minimum Gasteiger partial charge on any atom is -0.497 e. The molecule has 0 N–H and O–H groups in total. The zero-order valence-corrected chi connectivity index (χ0v) is 15.1. The first-order valence-electron chi connectivity index (χ1n) is 6.62. The van der Waals surface area contributed by atoms with Crippen molar-refractivity contribution < 1.29 is 28.5 Å². The van der Waals surface area contributed by atoms with E-state index in [4.69, 9.17) is 18.9 Å². The van der Waals surface area contributed by atoms with Crippen molar-refractivity contribution in [1.29, 1.82) is 0 Å². The number of rotatable bonds is 4. The maximum Gasteiger partial charge on any atom is 0.355 e. The first-order chi connectivity index (χ1) is 11.0. The molecule has 8 heteroatoms. The fourth-order valence-corrected chi connectivity index (χ4v) is 2.95. The van der Waals surface area contributed by atoms with Crippen LogP contribution in [0.25, 0.3) is 0 Å². The Balaban J connectivity index is 2.55. The van der Waals surface area contributed by atoms with E-state index in [0.29, 0.717) is 11.4 Å². The van der Waals surface area contributed by atoms with E-state index in [1.807, 2.05) is 6.07 Å². The van der Waals surface area contributed by atoms with Gasteiger partial charge in [-0.05, 0) is 40.8 Å². The number of carbonyl (C=O) groups excluding carboxylic acids is 2. The highest BCUT2D eigenvalue weighted by molar-refractivity contribution is 14.1. The zero-order chi connectivity index (χ0) is 17.0. The van der Waals surface area contributed by atoms with Crippen LogP contribution in [0.5, 0.6) is 5.75 Å². The van der Waals surface area contributed by atoms with Gasteiger partial charge in [-0.3, -0.25) is 0 Å². The fourth-order valence-electron chi connectivity index (χ4n) is 2.17. The highest BCUT2D eigenvalue weighted by Gasteiger charge is 2.33. The molecule has 23 heavy (non-hydrogen) atoms. The second-order valence-electron chi connectivity index (χ2n) is 4.53. The molecular formula is C15H16INO6. The van der Waals surface area contributed by atoms with Crippen molar-refractivity contribution in [3.05, 3.63) is 33.0 Å². The van der Waals surface area contributed by atoms with Crippen LogP contribution in [0.2, 0.25) is 0 Å². The Labute approximate surface area is 147 Å². The average molecular weight is 433 g/mol. The molecule has 0 aromatic heterocycles. The Morgan fingerprint density at radius 2 is 1.87 bits per heavy atom. The number of ether oxygens (including phenoxy) is 4. The first-order valence-corrected chi connectivity index (χ1v) is 7.70. The molecule has 0 aliphatic carbocycles. The Hall–Kier alpha value is -1.81. The number of methoxy groups -OCH3 is 3. The van der Waals surface area contributed by atoms with Crippen molar-refractivity contribution >= 4 is 40.2 Å². The summed E-state index contributed by atoms with van der Waals surface area (Å²) in [5, 5.41) is 0. The quantitative estimate of drug-likeness (QED) is 0.529. The van der Waals surface area contributed by atoms with E-state index in [1.165, 1.54) is 14.2 Å². The van der Waals surface area contributed by atoms with Gasteiger partial charge in [0.25, 0.3) is 0 Å². The second kappa shape index (κ2) is 7.64. The third-order valence-corrected chi connectivity index (χ3v) is 4.14. The topological polar surface area (TPSA) is 74.3 Å². The van der Waals surface area contributed by atoms with Crippen molar-refractivity contribution in [3.8, 4) is 5.75 Å². The number of halogens is 1. The predicted octanol–water partition coefficient (Wildman–Crippen LogP) is 1.69. The smallest absolute Gasteiger partial charge is 0.355 e. The first kappa shape index (κ1) is 17.5. The molecular weight excluding hydrogens is 417 g/mol. The molecule has 1 aromatic carbocycles. The van der Waals surface area contributed by atoms with Crippen LogP contribution in [0.4, 0.5) is 5.69 Å². The van der Waals surface area contributed by atoms with Crippen LogP contribution in [-0.2, 0) is 23.8 Å². The van der Waals surface area contributed by atoms with Crippen LogP contribution in [-0.4, -0.2) is 46.6 Å². The summed E-state index contributed by atoms with van der Waals surface area (Å²) in [4.78, 5) is 25.7. The number of hydrogen-bond acceptors (Lipinski definition) is 7. The molecule has 1 aliphatic rings. The lowest BCUT2D eigenvalue weighted by Gasteiger charge is -2.32. The minimum atomic E-state index is -0.626. The third kappa shape index (κ3) is 3.58. The number of carbonyl (C=O) groups is 2. The molecule has 1 aromatic rings. The minimum absolute atomic E-state index is 0.0136. The number of hydrogen-bond donors (Lipinski definition) is 0. The van der Waals surface area contributed by atoms with E-state index in [0.717, 1.165) is 3.57 Å². The molecule has 0 saturated heterocycles. The van der Waals surface area contributed by atoms with Crippen LogP contribution in [0.15, 0.2) is 29.5 Å². The van der Waals surface area contributed by atoms with Crippen LogP contribution in [0, 0.1) is 3.57 Å². The lowest BCUT2D eigenvalue weighted by Crippen LogP contribution is -2.39. The molecule has 0 spiro atoms. The highest BCUT2D eigenvalue weighted by atomic mass is 127. The van der Waals surface area contributed by atoms with Gasteiger partial charge in [-0.15, -0.1) is 0 Å². The van der Waals surface area contributed by atoms with Gasteiger partial charge in [0, 0.05) is 3.57 Å². The van der Waals surface area contributed by atoms with Crippen LogP contribution in [0.1, 0.15) is 0 Å². The molecule has 0 bridgehead atoms. The number of nitrogens with zero attached hydrogens (tertiary/aromatic N) is 1. The monoisotopic (exact) mass is 433 g/mol. The molecule has 1 heterocycles. The summed E-state index contributed by atoms with van der Waals surface area (Å²) in [7, 11) is 4.08. The predicted molar refractivity (Wildman–Crippen MR) is 90.1 cm³/mol. The summed E-state index contributed by atoms with van der Waals surface area (Å²) >= 11 is 2.12. The van der Waals surface area contributed by atoms with E-state index in [-0.39, 0.29) is 24.6 Å².